The fourth-order valence-corrected chi connectivity index (χ4v) is 2.05. The Balaban J connectivity index is 2.11. The van der Waals surface area contributed by atoms with E-state index in [2.05, 4.69) is 30.6 Å². The third-order valence-electron chi connectivity index (χ3n) is 3.13. The zero-order valence-electron chi connectivity index (χ0n) is 9.42. The van der Waals surface area contributed by atoms with E-state index in [0.717, 1.165) is 5.92 Å². The molecule has 0 spiro atoms. The molecule has 1 saturated heterocycles. The Kier molecular flexibility index (Phi) is 4.74. The van der Waals surface area contributed by atoms with E-state index < -0.39 is 0 Å². The number of nitrogens with zero attached hydrogens (tertiary/aromatic N) is 2. The van der Waals surface area contributed by atoms with E-state index in [9.17, 15) is 0 Å². The van der Waals surface area contributed by atoms with Gasteiger partial charge in [0.05, 0.1) is 0 Å². The van der Waals surface area contributed by atoms with Gasteiger partial charge in [0.2, 0.25) is 0 Å². The van der Waals surface area contributed by atoms with Crippen molar-refractivity contribution in [3.63, 3.8) is 0 Å². The van der Waals surface area contributed by atoms with Crippen molar-refractivity contribution in [2.24, 2.45) is 5.92 Å². The molecule has 0 aromatic carbocycles. The Labute approximate surface area is 82.9 Å². The molecule has 78 valence electrons. The van der Waals surface area contributed by atoms with Gasteiger partial charge in [0.25, 0.3) is 0 Å². The van der Waals surface area contributed by atoms with Crippen molar-refractivity contribution in [2.45, 2.75) is 27.2 Å². The summed E-state index contributed by atoms with van der Waals surface area (Å²) in [6.45, 7) is 14.4. The van der Waals surface area contributed by atoms with Gasteiger partial charge in [-0.2, -0.15) is 0 Å². The highest BCUT2D eigenvalue weighted by Crippen LogP contribution is 2.14. The van der Waals surface area contributed by atoms with Crippen molar-refractivity contribution < 1.29 is 0 Å². The molecule has 1 fully saturated rings. The minimum absolute atomic E-state index is 0.928. The summed E-state index contributed by atoms with van der Waals surface area (Å²) in [6, 6.07) is 0. The molecule has 1 aliphatic heterocycles. The third kappa shape index (κ3) is 3.65. The minimum Gasteiger partial charge on any atom is -0.303 e. The van der Waals surface area contributed by atoms with Crippen molar-refractivity contribution in [3.05, 3.63) is 0 Å². The second kappa shape index (κ2) is 5.61. The average molecular weight is 184 g/mol. The SMILES string of the molecule is CCN(CC)CCN1CCC(C)C1. The van der Waals surface area contributed by atoms with E-state index in [1.54, 1.807) is 0 Å². The van der Waals surface area contributed by atoms with Gasteiger partial charge in [-0.3, -0.25) is 0 Å². The Morgan fingerprint density at radius 2 is 2.00 bits per heavy atom. The van der Waals surface area contributed by atoms with E-state index in [1.807, 2.05) is 0 Å². The van der Waals surface area contributed by atoms with Gasteiger partial charge in [-0.15, -0.1) is 0 Å². The maximum Gasteiger partial charge on any atom is 0.0109 e. The monoisotopic (exact) mass is 184 g/mol. The third-order valence-corrected chi connectivity index (χ3v) is 3.13. The zero-order chi connectivity index (χ0) is 9.68. The van der Waals surface area contributed by atoms with Crippen LogP contribution in [0.1, 0.15) is 27.2 Å². The first-order valence-corrected chi connectivity index (χ1v) is 5.71. The van der Waals surface area contributed by atoms with Crippen LogP contribution in [0.2, 0.25) is 0 Å². The van der Waals surface area contributed by atoms with Gasteiger partial charge in [0, 0.05) is 19.6 Å². The fraction of sp³-hybridized carbons (Fsp3) is 1.00. The molecule has 0 N–H and O–H groups in total. The smallest absolute Gasteiger partial charge is 0.0109 e. The van der Waals surface area contributed by atoms with Crippen molar-refractivity contribution in [2.75, 3.05) is 39.3 Å². The molecular formula is C11H24N2. The summed E-state index contributed by atoms with van der Waals surface area (Å²) in [5.74, 6) is 0.928. The van der Waals surface area contributed by atoms with Crippen LogP contribution < -0.4 is 0 Å². The predicted molar refractivity (Wildman–Crippen MR) is 58.0 cm³/mol. The van der Waals surface area contributed by atoms with Gasteiger partial charge in [-0.1, -0.05) is 20.8 Å². The van der Waals surface area contributed by atoms with Crippen LogP contribution in [-0.2, 0) is 0 Å². The first-order chi connectivity index (χ1) is 6.26. The lowest BCUT2D eigenvalue weighted by atomic mass is 10.2. The van der Waals surface area contributed by atoms with Crippen molar-refractivity contribution in [1.82, 2.24) is 9.80 Å². The van der Waals surface area contributed by atoms with Crippen molar-refractivity contribution in [1.29, 1.82) is 0 Å². The van der Waals surface area contributed by atoms with Crippen LogP contribution in [0.4, 0.5) is 0 Å². The Morgan fingerprint density at radius 1 is 1.31 bits per heavy atom. The Hall–Kier alpha value is -0.0800. The molecule has 1 atom stereocenters. The summed E-state index contributed by atoms with van der Waals surface area (Å²) < 4.78 is 0. The van der Waals surface area contributed by atoms with Crippen LogP contribution in [0.5, 0.6) is 0 Å². The lowest BCUT2D eigenvalue weighted by Crippen LogP contribution is -2.33. The molecule has 0 aromatic heterocycles. The van der Waals surface area contributed by atoms with E-state index in [-0.39, 0.29) is 0 Å². The average Bonchev–Trinajstić information content (AvgIpc) is 2.53. The lowest BCUT2D eigenvalue weighted by molar-refractivity contribution is 0.237. The van der Waals surface area contributed by atoms with E-state index in [1.165, 1.54) is 45.7 Å². The highest BCUT2D eigenvalue weighted by molar-refractivity contribution is 4.72. The summed E-state index contributed by atoms with van der Waals surface area (Å²) in [6.07, 6.45) is 1.40. The minimum atomic E-state index is 0.928. The van der Waals surface area contributed by atoms with Gasteiger partial charge < -0.3 is 9.80 Å². The fourth-order valence-electron chi connectivity index (χ4n) is 2.05. The molecule has 1 rings (SSSR count). The summed E-state index contributed by atoms with van der Waals surface area (Å²) in [4.78, 5) is 5.10. The van der Waals surface area contributed by atoms with Crippen molar-refractivity contribution in [3.8, 4) is 0 Å². The molecular weight excluding hydrogens is 160 g/mol. The van der Waals surface area contributed by atoms with Gasteiger partial charge in [-0.05, 0) is 32.0 Å². The number of likely N-dealkylation sites (N-methyl/N-ethyl adjacent to an activating group) is 1. The molecule has 2 heteroatoms. The van der Waals surface area contributed by atoms with Gasteiger partial charge >= 0.3 is 0 Å². The molecule has 0 aliphatic carbocycles. The molecule has 2 nitrogen and oxygen atoms in total. The van der Waals surface area contributed by atoms with Crippen LogP contribution in [0.15, 0.2) is 0 Å². The summed E-state index contributed by atoms with van der Waals surface area (Å²) in [7, 11) is 0. The summed E-state index contributed by atoms with van der Waals surface area (Å²) in [5.41, 5.74) is 0. The van der Waals surface area contributed by atoms with Gasteiger partial charge in [-0.25, -0.2) is 0 Å². The maximum absolute atomic E-state index is 2.60. The largest absolute Gasteiger partial charge is 0.303 e. The first kappa shape index (κ1) is 11.0. The molecule has 1 unspecified atom stereocenters. The maximum atomic E-state index is 2.60. The second-order valence-electron chi connectivity index (χ2n) is 4.22. The molecule has 1 aliphatic rings. The van der Waals surface area contributed by atoms with E-state index in [4.69, 9.17) is 0 Å². The molecule has 0 saturated carbocycles. The highest BCUT2D eigenvalue weighted by Gasteiger charge is 2.18. The van der Waals surface area contributed by atoms with Gasteiger partial charge in [0.15, 0.2) is 0 Å². The van der Waals surface area contributed by atoms with Crippen LogP contribution in [0, 0.1) is 5.92 Å². The van der Waals surface area contributed by atoms with Crippen LogP contribution in [0.25, 0.3) is 0 Å². The topological polar surface area (TPSA) is 6.48 Å². The van der Waals surface area contributed by atoms with Crippen molar-refractivity contribution >= 4 is 0 Å². The molecule has 0 amide bonds. The number of rotatable bonds is 5. The van der Waals surface area contributed by atoms with Crippen LogP contribution in [0.3, 0.4) is 0 Å². The number of hydrogen-bond acceptors (Lipinski definition) is 2. The molecule has 13 heavy (non-hydrogen) atoms. The molecule has 0 aromatic rings. The summed E-state index contributed by atoms with van der Waals surface area (Å²) >= 11 is 0. The number of likely N-dealkylation sites (tertiary alicyclic amines) is 1. The Bertz CT molecular complexity index is 132. The lowest BCUT2D eigenvalue weighted by Gasteiger charge is -2.22. The first-order valence-electron chi connectivity index (χ1n) is 5.71. The molecule has 1 heterocycles. The van der Waals surface area contributed by atoms with Crippen LogP contribution >= 0.6 is 0 Å². The Morgan fingerprint density at radius 3 is 2.46 bits per heavy atom. The van der Waals surface area contributed by atoms with E-state index in [0.29, 0.717) is 0 Å². The normalized spacial score (nSPS) is 24.5. The molecule has 0 radical (unpaired) electrons. The zero-order valence-corrected chi connectivity index (χ0v) is 9.42. The van der Waals surface area contributed by atoms with E-state index >= 15 is 0 Å². The quantitative estimate of drug-likeness (QED) is 0.641. The standard InChI is InChI=1S/C11H24N2/c1-4-12(5-2)8-9-13-7-6-11(3)10-13/h11H,4-10H2,1-3H3. The predicted octanol–water partition coefficient (Wildman–Crippen LogP) is 1.67. The van der Waals surface area contributed by atoms with Gasteiger partial charge in [0.1, 0.15) is 0 Å². The highest BCUT2D eigenvalue weighted by atomic mass is 15.2. The number of hydrogen-bond donors (Lipinski definition) is 0. The van der Waals surface area contributed by atoms with Crippen LogP contribution in [-0.4, -0.2) is 49.1 Å². The second-order valence-corrected chi connectivity index (χ2v) is 4.22. The summed E-state index contributed by atoms with van der Waals surface area (Å²) in [5, 5.41) is 0. The molecule has 0 bridgehead atoms.